The van der Waals surface area contributed by atoms with E-state index in [4.69, 9.17) is 0 Å². The van der Waals surface area contributed by atoms with Crippen molar-refractivity contribution in [3.63, 3.8) is 0 Å². The molecule has 0 radical (unpaired) electrons. The Bertz CT molecular complexity index is 832. The van der Waals surface area contributed by atoms with Crippen LogP contribution in [-0.2, 0) is 5.75 Å². The highest BCUT2D eigenvalue weighted by Gasteiger charge is 2.05. The van der Waals surface area contributed by atoms with E-state index >= 15 is 0 Å². The molecule has 3 aromatic rings. The number of thioether (sulfide) groups is 1. The molecule has 0 amide bonds. The summed E-state index contributed by atoms with van der Waals surface area (Å²) in [6, 6.07) is 18.6. The van der Waals surface area contributed by atoms with Crippen molar-refractivity contribution >= 4 is 17.4 Å². The number of nitro benzene ring substituents is 1. The van der Waals surface area contributed by atoms with Gasteiger partial charge in [0.2, 0.25) is 0 Å². The van der Waals surface area contributed by atoms with Gasteiger partial charge in [0, 0.05) is 23.4 Å². The molecular weight excluding hydrogens is 322 g/mol. The Labute approximate surface area is 143 Å². The van der Waals surface area contributed by atoms with Crippen molar-refractivity contribution < 1.29 is 4.92 Å². The fourth-order valence-corrected chi connectivity index (χ4v) is 2.92. The molecule has 120 valence electrons. The zero-order valence-electron chi connectivity index (χ0n) is 13.0. The first-order valence-electron chi connectivity index (χ1n) is 7.39. The van der Waals surface area contributed by atoms with Crippen LogP contribution in [0, 0.1) is 17.0 Å². The van der Waals surface area contributed by atoms with Crippen LogP contribution in [0.15, 0.2) is 65.7 Å². The highest BCUT2D eigenvalue weighted by molar-refractivity contribution is 7.98. The predicted octanol–water partition coefficient (Wildman–Crippen LogP) is 4.65. The summed E-state index contributed by atoms with van der Waals surface area (Å²) in [5.41, 5.74) is 4.21. The molecule has 3 rings (SSSR count). The number of aryl methyl sites for hydroxylation is 1. The van der Waals surface area contributed by atoms with Crippen LogP contribution in [0.2, 0.25) is 0 Å². The van der Waals surface area contributed by atoms with Crippen LogP contribution in [0.1, 0.15) is 11.1 Å². The van der Waals surface area contributed by atoms with Gasteiger partial charge < -0.3 is 0 Å². The standard InChI is InChI=1S/C18H15N3O2S/c1-13-2-6-15(7-3-13)17-10-11-18(20-19-17)24-12-14-4-8-16(9-5-14)21(22)23/h2-11H,12H2,1H3. The summed E-state index contributed by atoms with van der Waals surface area (Å²) in [5, 5.41) is 20.0. The van der Waals surface area contributed by atoms with E-state index in [0.29, 0.717) is 5.75 Å². The summed E-state index contributed by atoms with van der Waals surface area (Å²) in [6.45, 7) is 2.05. The number of rotatable bonds is 5. The van der Waals surface area contributed by atoms with Crippen LogP contribution in [0.25, 0.3) is 11.3 Å². The van der Waals surface area contributed by atoms with Crippen molar-refractivity contribution in [1.82, 2.24) is 10.2 Å². The summed E-state index contributed by atoms with van der Waals surface area (Å²) in [6.07, 6.45) is 0. The fraction of sp³-hybridized carbons (Fsp3) is 0.111. The van der Waals surface area contributed by atoms with E-state index in [1.807, 2.05) is 43.3 Å². The molecule has 2 aromatic carbocycles. The van der Waals surface area contributed by atoms with Gasteiger partial charge in [-0.05, 0) is 24.6 Å². The molecule has 6 heteroatoms. The van der Waals surface area contributed by atoms with E-state index in [-0.39, 0.29) is 5.69 Å². The number of non-ortho nitro benzene ring substituents is 1. The predicted molar refractivity (Wildman–Crippen MR) is 94.9 cm³/mol. The molecule has 0 aliphatic rings. The maximum Gasteiger partial charge on any atom is 0.269 e. The van der Waals surface area contributed by atoms with E-state index in [0.717, 1.165) is 21.8 Å². The zero-order valence-corrected chi connectivity index (χ0v) is 13.9. The van der Waals surface area contributed by atoms with Gasteiger partial charge in [0.15, 0.2) is 0 Å². The van der Waals surface area contributed by atoms with Gasteiger partial charge >= 0.3 is 0 Å². The first kappa shape index (κ1) is 16.1. The second kappa shape index (κ2) is 7.23. The Hall–Kier alpha value is -2.73. The zero-order chi connectivity index (χ0) is 16.9. The Balaban J connectivity index is 1.63. The second-order valence-electron chi connectivity index (χ2n) is 5.34. The van der Waals surface area contributed by atoms with E-state index < -0.39 is 4.92 Å². The molecule has 0 atom stereocenters. The molecule has 0 aliphatic heterocycles. The molecule has 0 saturated carbocycles. The Kier molecular flexibility index (Phi) is 4.86. The number of nitrogens with zero attached hydrogens (tertiary/aromatic N) is 3. The van der Waals surface area contributed by atoms with E-state index in [9.17, 15) is 10.1 Å². The lowest BCUT2D eigenvalue weighted by atomic mass is 10.1. The molecule has 1 aromatic heterocycles. The van der Waals surface area contributed by atoms with Crippen LogP contribution in [0.4, 0.5) is 5.69 Å². The van der Waals surface area contributed by atoms with Crippen molar-refractivity contribution in [3.8, 4) is 11.3 Å². The third kappa shape index (κ3) is 3.97. The minimum absolute atomic E-state index is 0.103. The third-order valence-corrected chi connectivity index (χ3v) is 4.51. The maximum absolute atomic E-state index is 10.6. The van der Waals surface area contributed by atoms with Gasteiger partial charge in [0.25, 0.3) is 5.69 Å². The Morgan fingerprint density at radius 2 is 1.67 bits per heavy atom. The molecule has 1 heterocycles. The largest absolute Gasteiger partial charge is 0.269 e. The lowest BCUT2D eigenvalue weighted by Crippen LogP contribution is -1.91. The molecular formula is C18H15N3O2S. The first-order valence-corrected chi connectivity index (χ1v) is 8.37. The second-order valence-corrected chi connectivity index (χ2v) is 6.33. The van der Waals surface area contributed by atoms with E-state index in [2.05, 4.69) is 10.2 Å². The molecule has 5 nitrogen and oxygen atoms in total. The maximum atomic E-state index is 10.6. The highest BCUT2D eigenvalue weighted by atomic mass is 32.2. The SMILES string of the molecule is Cc1ccc(-c2ccc(SCc3ccc([N+](=O)[O-])cc3)nn2)cc1. The average molecular weight is 337 g/mol. The van der Waals surface area contributed by atoms with Crippen LogP contribution < -0.4 is 0 Å². The molecule has 24 heavy (non-hydrogen) atoms. The molecule has 0 aliphatic carbocycles. The molecule has 0 spiro atoms. The normalized spacial score (nSPS) is 10.5. The van der Waals surface area contributed by atoms with Gasteiger partial charge in [-0.25, -0.2) is 0 Å². The van der Waals surface area contributed by atoms with Crippen LogP contribution in [0.3, 0.4) is 0 Å². The van der Waals surface area contributed by atoms with Crippen LogP contribution in [0.5, 0.6) is 0 Å². The first-order chi connectivity index (χ1) is 11.6. The quantitative estimate of drug-likeness (QED) is 0.385. The summed E-state index contributed by atoms with van der Waals surface area (Å²) >= 11 is 1.55. The average Bonchev–Trinajstić information content (AvgIpc) is 2.61. The van der Waals surface area contributed by atoms with Gasteiger partial charge in [0.1, 0.15) is 5.03 Å². The smallest absolute Gasteiger partial charge is 0.258 e. The lowest BCUT2D eigenvalue weighted by Gasteiger charge is -2.03. The van der Waals surface area contributed by atoms with Gasteiger partial charge in [-0.3, -0.25) is 10.1 Å². The van der Waals surface area contributed by atoms with E-state index in [1.54, 1.807) is 23.9 Å². The van der Waals surface area contributed by atoms with Gasteiger partial charge in [0.05, 0.1) is 10.6 Å². The minimum Gasteiger partial charge on any atom is -0.258 e. The number of benzene rings is 2. The van der Waals surface area contributed by atoms with Crippen molar-refractivity contribution in [2.75, 3.05) is 0 Å². The van der Waals surface area contributed by atoms with Crippen LogP contribution >= 0.6 is 11.8 Å². The number of aromatic nitrogens is 2. The van der Waals surface area contributed by atoms with Crippen molar-refractivity contribution in [3.05, 3.63) is 81.9 Å². The van der Waals surface area contributed by atoms with Gasteiger partial charge in [-0.15, -0.1) is 10.2 Å². The number of hydrogen-bond acceptors (Lipinski definition) is 5. The number of hydrogen-bond donors (Lipinski definition) is 0. The van der Waals surface area contributed by atoms with Crippen molar-refractivity contribution in [2.45, 2.75) is 17.7 Å². The fourth-order valence-electron chi connectivity index (χ4n) is 2.15. The minimum atomic E-state index is -0.397. The molecule has 0 unspecified atom stereocenters. The summed E-state index contributed by atoms with van der Waals surface area (Å²) in [7, 11) is 0. The summed E-state index contributed by atoms with van der Waals surface area (Å²) in [4.78, 5) is 10.2. The monoisotopic (exact) mass is 337 g/mol. The molecule has 0 fully saturated rings. The Morgan fingerprint density at radius 1 is 0.958 bits per heavy atom. The number of nitro groups is 1. The molecule has 0 saturated heterocycles. The molecule has 0 N–H and O–H groups in total. The van der Waals surface area contributed by atoms with E-state index in [1.165, 1.54) is 17.7 Å². The summed E-state index contributed by atoms with van der Waals surface area (Å²) in [5.74, 6) is 0.691. The van der Waals surface area contributed by atoms with Crippen molar-refractivity contribution in [1.29, 1.82) is 0 Å². The summed E-state index contributed by atoms with van der Waals surface area (Å²) < 4.78 is 0. The van der Waals surface area contributed by atoms with Gasteiger partial charge in [-0.2, -0.15) is 0 Å². The van der Waals surface area contributed by atoms with Crippen molar-refractivity contribution in [2.24, 2.45) is 0 Å². The third-order valence-electron chi connectivity index (χ3n) is 3.52. The Morgan fingerprint density at radius 3 is 2.25 bits per heavy atom. The highest BCUT2D eigenvalue weighted by Crippen LogP contribution is 2.24. The lowest BCUT2D eigenvalue weighted by molar-refractivity contribution is -0.384. The van der Waals surface area contributed by atoms with Crippen LogP contribution in [-0.4, -0.2) is 15.1 Å². The van der Waals surface area contributed by atoms with Gasteiger partial charge in [-0.1, -0.05) is 53.7 Å². The topological polar surface area (TPSA) is 68.9 Å². The molecule has 0 bridgehead atoms.